The van der Waals surface area contributed by atoms with Crippen molar-refractivity contribution >= 4 is 11.6 Å². The fourth-order valence-electron chi connectivity index (χ4n) is 3.54. The molecule has 1 aromatic heterocycles. The lowest BCUT2D eigenvalue weighted by atomic mass is 10.1. The third kappa shape index (κ3) is 3.67. The number of aromatic nitrogens is 2. The molecule has 1 saturated heterocycles. The number of hydrogen-bond donors (Lipinski definition) is 1. The Hall–Kier alpha value is -2.14. The fraction of sp³-hybridized carbons (Fsp3) is 0.474. The summed E-state index contributed by atoms with van der Waals surface area (Å²) in [6.07, 6.45) is 1.64. The van der Waals surface area contributed by atoms with Gasteiger partial charge in [-0.1, -0.05) is 18.2 Å². The zero-order valence-electron chi connectivity index (χ0n) is 14.7. The Kier molecular flexibility index (Phi) is 5.00. The van der Waals surface area contributed by atoms with E-state index in [0.717, 1.165) is 43.1 Å². The van der Waals surface area contributed by atoms with Crippen LogP contribution in [-0.2, 0) is 11.2 Å². The smallest absolute Gasteiger partial charge is 0.227 e. The molecule has 128 valence electrons. The van der Waals surface area contributed by atoms with Gasteiger partial charge in [-0.25, -0.2) is 0 Å². The summed E-state index contributed by atoms with van der Waals surface area (Å²) < 4.78 is 0. The third-order valence-corrected chi connectivity index (χ3v) is 4.87. The normalized spacial score (nSPS) is 17.9. The highest BCUT2D eigenvalue weighted by atomic mass is 16.2. The topological polar surface area (TPSA) is 52.2 Å². The van der Waals surface area contributed by atoms with Crippen molar-refractivity contribution in [2.24, 2.45) is 5.92 Å². The number of aromatic amines is 1. The first-order valence-electron chi connectivity index (χ1n) is 8.59. The number of para-hydroxylation sites is 1. The highest BCUT2D eigenvalue weighted by molar-refractivity contribution is 5.95. The predicted molar refractivity (Wildman–Crippen MR) is 96.2 cm³/mol. The molecule has 3 rings (SSSR count). The van der Waals surface area contributed by atoms with Gasteiger partial charge in [0, 0.05) is 37.4 Å². The number of rotatable bonds is 6. The fourth-order valence-corrected chi connectivity index (χ4v) is 3.54. The third-order valence-electron chi connectivity index (χ3n) is 4.87. The van der Waals surface area contributed by atoms with Crippen LogP contribution in [0.5, 0.6) is 0 Å². The Labute approximate surface area is 143 Å². The number of anilines is 1. The maximum absolute atomic E-state index is 12.3. The molecule has 1 aromatic carbocycles. The van der Waals surface area contributed by atoms with E-state index < -0.39 is 0 Å². The number of carbonyl (C=O) groups is 1. The van der Waals surface area contributed by atoms with Crippen LogP contribution in [0.15, 0.2) is 30.3 Å². The van der Waals surface area contributed by atoms with E-state index in [1.165, 1.54) is 5.56 Å². The lowest BCUT2D eigenvalue weighted by Crippen LogP contribution is -2.30. The summed E-state index contributed by atoms with van der Waals surface area (Å²) in [4.78, 5) is 16.5. The number of likely N-dealkylation sites (N-methyl/N-ethyl adjacent to an activating group) is 1. The van der Waals surface area contributed by atoms with Gasteiger partial charge in [0.25, 0.3) is 0 Å². The van der Waals surface area contributed by atoms with Gasteiger partial charge in [0.2, 0.25) is 5.91 Å². The Morgan fingerprint density at radius 1 is 1.29 bits per heavy atom. The highest BCUT2D eigenvalue weighted by Crippen LogP contribution is 2.25. The minimum Gasteiger partial charge on any atom is -0.312 e. The minimum absolute atomic E-state index is 0.237. The molecule has 0 bridgehead atoms. The van der Waals surface area contributed by atoms with Crippen LogP contribution in [-0.4, -0.2) is 47.7 Å². The molecule has 5 nitrogen and oxygen atoms in total. The van der Waals surface area contributed by atoms with E-state index in [1.54, 1.807) is 0 Å². The van der Waals surface area contributed by atoms with Gasteiger partial charge in [-0.05, 0) is 50.9 Å². The van der Waals surface area contributed by atoms with E-state index >= 15 is 0 Å². The minimum atomic E-state index is 0.237. The van der Waals surface area contributed by atoms with Gasteiger partial charge < -0.3 is 9.80 Å². The summed E-state index contributed by atoms with van der Waals surface area (Å²) >= 11 is 0. The van der Waals surface area contributed by atoms with Crippen LogP contribution in [0.3, 0.4) is 0 Å². The second kappa shape index (κ2) is 7.18. The molecule has 0 saturated carbocycles. The SMILES string of the molecule is Cc1n[nH]c(C)c1CCN(C)C[C@H]1CC(=O)N(c2ccccc2)C1. The zero-order valence-corrected chi connectivity index (χ0v) is 14.7. The first-order valence-corrected chi connectivity index (χ1v) is 8.59. The van der Waals surface area contributed by atoms with Crippen molar-refractivity contribution in [1.29, 1.82) is 0 Å². The maximum atomic E-state index is 12.3. The molecule has 1 aliphatic rings. The van der Waals surface area contributed by atoms with Gasteiger partial charge in [0.05, 0.1) is 5.69 Å². The molecule has 2 heterocycles. The van der Waals surface area contributed by atoms with Gasteiger partial charge in [-0.3, -0.25) is 9.89 Å². The van der Waals surface area contributed by atoms with Crippen molar-refractivity contribution in [1.82, 2.24) is 15.1 Å². The van der Waals surface area contributed by atoms with Crippen LogP contribution in [0.2, 0.25) is 0 Å². The molecule has 2 aromatic rings. The lowest BCUT2D eigenvalue weighted by Gasteiger charge is -2.21. The van der Waals surface area contributed by atoms with Crippen LogP contribution in [0.25, 0.3) is 0 Å². The van der Waals surface area contributed by atoms with Crippen LogP contribution in [0.4, 0.5) is 5.69 Å². The number of benzene rings is 1. The number of nitrogens with zero attached hydrogens (tertiary/aromatic N) is 3. The first kappa shape index (κ1) is 16.7. The molecule has 1 N–H and O–H groups in total. The maximum Gasteiger partial charge on any atom is 0.227 e. The molecular weight excluding hydrogens is 300 g/mol. The van der Waals surface area contributed by atoms with E-state index in [2.05, 4.69) is 29.1 Å². The number of amides is 1. The Morgan fingerprint density at radius 3 is 2.71 bits per heavy atom. The quantitative estimate of drug-likeness (QED) is 0.887. The molecular formula is C19H26N4O. The van der Waals surface area contributed by atoms with Gasteiger partial charge >= 0.3 is 0 Å². The van der Waals surface area contributed by atoms with Gasteiger partial charge in [0.15, 0.2) is 0 Å². The Morgan fingerprint density at radius 2 is 2.04 bits per heavy atom. The summed E-state index contributed by atoms with van der Waals surface area (Å²) in [7, 11) is 2.14. The molecule has 0 spiro atoms. The van der Waals surface area contributed by atoms with Gasteiger partial charge in [0.1, 0.15) is 0 Å². The van der Waals surface area contributed by atoms with Crippen molar-refractivity contribution < 1.29 is 4.79 Å². The van der Waals surface area contributed by atoms with Gasteiger partial charge in [-0.2, -0.15) is 5.10 Å². The summed E-state index contributed by atoms with van der Waals surface area (Å²) in [5.74, 6) is 0.635. The largest absolute Gasteiger partial charge is 0.312 e. The average molecular weight is 326 g/mol. The molecule has 0 unspecified atom stereocenters. The lowest BCUT2D eigenvalue weighted by molar-refractivity contribution is -0.117. The number of aryl methyl sites for hydroxylation is 2. The Bertz CT molecular complexity index is 675. The van der Waals surface area contributed by atoms with Crippen molar-refractivity contribution in [3.63, 3.8) is 0 Å². The van der Waals surface area contributed by atoms with E-state index in [0.29, 0.717) is 12.3 Å². The monoisotopic (exact) mass is 326 g/mol. The number of hydrogen-bond acceptors (Lipinski definition) is 3. The molecule has 1 aliphatic heterocycles. The highest BCUT2D eigenvalue weighted by Gasteiger charge is 2.31. The second-order valence-electron chi connectivity index (χ2n) is 6.83. The summed E-state index contributed by atoms with van der Waals surface area (Å²) in [6, 6.07) is 9.97. The summed E-state index contributed by atoms with van der Waals surface area (Å²) in [5, 5.41) is 7.30. The zero-order chi connectivity index (χ0) is 17.1. The second-order valence-corrected chi connectivity index (χ2v) is 6.83. The molecule has 0 aliphatic carbocycles. The summed E-state index contributed by atoms with van der Waals surface area (Å²) in [5.41, 5.74) is 4.58. The van der Waals surface area contributed by atoms with E-state index in [1.807, 2.05) is 42.2 Å². The van der Waals surface area contributed by atoms with Crippen LogP contribution in [0, 0.1) is 19.8 Å². The molecule has 24 heavy (non-hydrogen) atoms. The average Bonchev–Trinajstić information content (AvgIpc) is 3.09. The van der Waals surface area contributed by atoms with Gasteiger partial charge in [-0.15, -0.1) is 0 Å². The van der Waals surface area contributed by atoms with E-state index in [9.17, 15) is 4.79 Å². The standard InChI is InChI=1S/C19H26N4O/c1-14-18(15(2)21-20-14)9-10-22(3)12-16-11-19(24)23(13-16)17-7-5-4-6-8-17/h4-8,16H,9-13H2,1-3H3,(H,20,21)/t16-/m1/s1. The molecule has 1 amide bonds. The molecule has 0 radical (unpaired) electrons. The number of carbonyl (C=O) groups excluding carboxylic acids is 1. The van der Waals surface area contributed by atoms with Crippen LogP contribution >= 0.6 is 0 Å². The molecule has 1 fully saturated rings. The number of nitrogens with one attached hydrogen (secondary N) is 1. The van der Waals surface area contributed by atoms with Crippen molar-refractivity contribution in [3.05, 3.63) is 47.3 Å². The van der Waals surface area contributed by atoms with E-state index in [4.69, 9.17) is 0 Å². The number of H-pyrrole nitrogens is 1. The van der Waals surface area contributed by atoms with Crippen molar-refractivity contribution in [3.8, 4) is 0 Å². The molecule has 1 atom stereocenters. The molecule has 5 heteroatoms. The Balaban J connectivity index is 1.52. The summed E-state index contributed by atoms with van der Waals surface area (Å²) in [6.45, 7) is 6.87. The predicted octanol–water partition coefficient (Wildman–Crippen LogP) is 2.55. The van der Waals surface area contributed by atoms with Crippen molar-refractivity contribution in [2.45, 2.75) is 26.7 Å². The van der Waals surface area contributed by atoms with Crippen molar-refractivity contribution in [2.75, 3.05) is 31.6 Å². The first-order chi connectivity index (χ1) is 11.5. The van der Waals surface area contributed by atoms with E-state index in [-0.39, 0.29) is 5.91 Å². The van der Waals surface area contributed by atoms with Crippen LogP contribution < -0.4 is 4.90 Å². The van der Waals surface area contributed by atoms with Crippen LogP contribution in [0.1, 0.15) is 23.4 Å².